The van der Waals surface area contributed by atoms with E-state index in [1.165, 1.54) is 26.0 Å². The number of hydrogen-bond acceptors (Lipinski definition) is 6. The van der Waals surface area contributed by atoms with Gasteiger partial charge in [-0.2, -0.15) is 8.42 Å². The van der Waals surface area contributed by atoms with Crippen LogP contribution in [-0.4, -0.2) is 24.9 Å². The molecule has 7 nitrogen and oxygen atoms in total. The Morgan fingerprint density at radius 3 is 1.55 bits per heavy atom. The fraction of sp³-hybridized carbons (Fsp3) is 0.130. The lowest BCUT2D eigenvalue weighted by molar-refractivity contribution is -0.132. The standard InChI is InChI=1S/C23H20O7S/c1-15(24)29-19-11-7-17(8-12-19)23(18-9-13-20(14-10-18)30-16(2)25)21-5-3-4-6-22(21)31(26,27)28/h3-14,23H,1-2H3,(H,26,27,28). The highest BCUT2D eigenvalue weighted by molar-refractivity contribution is 7.85. The van der Waals surface area contributed by atoms with Crippen LogP contribution in [0.25, 0.3) is 0 Å². The molecule has 160 valence electrons. The summed E-state index contributed by atoms with van der Waals surface area (Å²) in [5.74, 6) is -0.786. The summed E-state index contributed by atoms with van der Waals surface area (Å²) in [6, 6.07) is 19.4. The van der Waals surface area contributed by atoms with Crippen molar-refractivity contribution in [2.24, 2.45) is 0 Å². The minimum Gasteiger partial charge on any atom is -0.427 e. The van der Waals surface area contributed by atoms with Gasteiger partial charge in [-0.3, -0.25) is 14.1 Å². The smallest absolute Gasteiger partial charge is 0.308 e. The fourth-order valence-corrected chi connectivity index (χ4v) is 4.03. The second-order valence-corrected chi connectivity index (χ2v) is 8.16. The van der Waals surface area contributed by atoms with Gasteiger partial charge in [-0.15, -0.1) is 0 Å². The molecule has 0 aliphatic rings. The molecule has 0 aliphatic carbocycles. The molecule has 0 fully saturated rings. The molecule has 0 bridgehead atoms. The number of carbonyl (C=O) groups is 2. The van der Waals surface area contributed by atoms with Gasteiger partial charge < -0.3 is 9.47 Å². The van der Waals surface area contributed by atoms with Gasteiger partial charge in [-0.05, 0) is 47.0 Å². The van der Waals surface area contributed by atoms with Crippen LogP contribution in [0, 0.1) is 0 Å². The summed E-state index contributed by atoms with van der Waals surface area (Å²) < 4.78 is 43.9. The maximum Gasteiger partial charge on any atom is 0.308 e. The first kappa shape index (κ1) is 22.2. The molecule has 0 saturated carbocycles. The zero-order valence-corrected chi connectivity index (χ0v) is 17.6. The molecular weight excluding hydrogens is 420 g/mol. The van der Waals surface area contributed by atoms with Gasteiger partial charge in [-0.25, -0.2) is 0 Å². The number of hydrogen-bond donors (Lipinski definition) is 1. The highest BCUT2D eigenvalue weighted by Crippen LogP contribution is 2.37. The fourth-order valence-electron chi connectivity index (χ4n) is 3.29. The summed E-state index contributed by atoms with van der Waals surface area (Å²) in [5, 5.41) is 0. The van der Waals surface area contributed by atoms with Crippen molar-refractivity contribution in [3.05, 3.63) is 89.5 Å². The molecule has 0 atom stereocenters. The predicted octanol–water partition coefficient (Wildman–Crippen LogP) is 3.96. The molecule has 3 aromatic carbocycles. The highest BCUT2D eigenvalue weighted by atomic mass is 32.2. The van der Waals surface area contributed by atoms with Gasteiger partial charge in [0.15, 0.2) is 0 Å². The Hall–Kier alpha value is -3.49. The Labute approximate surface area is 180 Å². The Morgan fingerprint density at radius 1 is 0.742 bits per heavy atom. The number of ether oxygens (including phenoxy) is 2. The molecule has 0 aliphatic heterocycles. The average molecular weight is 440 g/mol. The van der Waals surface area contributed by atoms with E-state index in [9.17, 15) is 22.6 Å². The van der Waals surface area contributed by atoms with Gasteiger partial charge in [-0.1, -0.05) is 42.5 Å². The lowest BCUT2D eigenvalue weighted by atomic mass is 9.85. The summed E-state index contributed by atoms with van der Waals surface area (Å²) >= 11 is 0. The number of benzene rings is 3. The topological polar surface area (TPSA) is 107 Å². The number of esters is 2. The van der Waals surface area contributed by atoms with Crippen molar-refractivity contribution in [2.45, 2.75) is 24.7 Å². The van der Waals surface area contributed by atoms with Gasteiger partial charge in [0, 0.05) is 19.8 Å². The molecule has 0 aromatic heterocycles. The molecule has 0 spiro atoms. The third-order valence-corrected chi connectivity index (χ3v) is 5.39. The molecule has 8 heteroatoms. The highest BCUT2D eigenvalue weighted by Gasteiger charge is 2.25. The minimum atomic E-state index is -4.48. The summed E-state index contributed by atoms with van der Waals surface area (Å²) in [6.07, 6.45) is 0. The predicted molar refractivity (Wildman–Crippen MR) is 113 cm³/mol. The maximum atomic E-state index is 12.0. The van der Waals surface area contributed by atoms with E-state index in [4.69, 9.17) is 9.47 Å². The van der Waals surface area contributed by atoms with Crippen LogP contribution in [-0.2, 0) is 19.7 Å². The Morgan fingerprint density at radius 2 is 1.16 bits per heavy atom. The van der Waals surface area contributed by atoms with E-state index in [1.807, 2.05) is 0 Å². The van der Waals surface area contributed by atoms with Crippen LogP contribution in [0.5, 0.6) is 11.5 Å². The van der Waals surface area contributed by atoms with Crippen molar-refractivity contribution in [2.75, 3.05) is 0 Å². The van der Waals surface area contributed by atoms with Crippen LogP contribution in [0.2, 0.25) is 0 Å². The van der Waals surface area contributed by atoms with E-state index in [2.05, 4.69) is 0 Å². The average Bonchev–Trinajstić information content (AvgIpc) is 2.69. The monoisotopic (exact) mass is 440 g/mol. The maximum absolute atomic E-state index is 12.0. The SMILES string of the molecule is CC(=O)Oc1ccc(C(c2ccc(OC(C)=O)cc2)c2ccccc2S(=O)(=O)O)cc1. The Balaban J connectivity index is 2.14. The largest absolute Gasteiger partial charge is 0.427 e. The van der Waals surface area contributed by atoms with Gasteiger partial charge in [0.1, 0.15) is 11.5 Å². The van der Waals surface area contributed by atoms with Crippen LogP contribution >= 0.6 is 0 Å². The lowest BCUT2D eigenvalue weighted by Gasteiger charge is -2.21. The molecule has 0 radical (unpaired) electrons. The van der Waals surface area contributed by atoms with Crippen LogP contribution in [0.4, 0.5) is 0 Å². The van der Waals surface area contributed by atoms with Crippen molar-refractivity contribution in [3.8, 4) is 11.5 Å². The van der Waals surface area contributed by atoms with Crippen LogP contribution in [0.15, 0.2) is 77.7 Å². The molecular formula is C23H20O7S. The number of rotatable bonds is 6. The van der Waals surface area contributed by atoms with E-state index in [1.54, 1.807) is 60.7 Å². The van der Waals surface area contributed by atoms with Crippen LogP contribution in [0.3, 0.4) is 0 Å². The lowest BCUT2D eigenvalue weighted by Crippen LogP contribution is -2.10. The summed E-state index contributed by atoms with van der Waals surface area (Å²) in [5.41, 5.74) is 1.77. The van der Waals surface area contributed by atoms with E-state index < -0.39 is 28.0 Å². The Bertz CT molecular complexity index is 1140. The second-order valence-electron chi connectivity index (χ2n) is 6.77. The summed E-state index contributed by atoms with van der Waals surface area (Å²) in [6.45, 7) is 2.59. The summed E-state index contributed by atoms with van der Waals surface area (Å²) in [4.78, 5) is 22.2. The molecule has 0 heterocycles. The van der Waals surface area contributed by atoms with Gasteiger partial charge >= 0.3 is 11.9 Å². The number of carbonyl (C=O) groups excluding carboxylic acids is 2. The van der Waals surface area contributed by atoms with Gasteiger partial charge in [0.05, 0.1) is 4.90 Å². The quantitative estimate of drug-likeness (QED) is 0.267. The molecule has 0 unspecified atom stereocenters. The summed E-state index contributed by atoms with van der Waals surface area (Å²) in [7, 11) is -4.48. The minimum absolute atomic E-state index is 0.215. The van der Waals surface area contributed by atoms with E-state index >= 15 is 0 Å². The van der Waals surface area contributed by atoms with Gasteiger partial charge in [0.25, 0.3) is 10.1 Å². The zero-order chi connectivity index (χ0) is 22.6. The molecule has 3 aromatic rings. The van der Waals surface area contributed by atoms with Crippen LogP contribution < -0.4 is 9.47 Å². The first-order valence-electron chi connectivity index (χ1n) is 9.28. The molecule has 0 saturated heterocycles. The van der Waals surface area contributed by atoms with Crippen molar-refractivity contribution in [3.63, 3.8) is 0 Å². The zero-order valence-electron chi connectivity index (χ0n) is 16.8. The molecule has 3 rings (SSSR count). The van der Waals surface area contributed by atoms with E-state index in [0.717, 1.165) is 0 Å². The van der Waals surface area contributed by atoms with E-state index in [0.29, 0.717) is 28.2 Å². The molecule has 0 amide bonds. The third kappa shape index (κ3) is 5.56. The first-order chi connectivity index (χ1) is 14.6. The molecule has 31 heavy (non-hydrogen) atoms. The third-order valence-electron chi connectivity index (χ3n) is 4.46. The van der Waals surface area contributed by atoms with Crippen molar-refractivity contribution < 1.29 is 32.0 Å². The first-order valence-corrected chi connectivity index (χ1v) is 10.7. The van der Waals surface area contributed by atoms with Crippen molar-refractivity contribution in [1.82, 2.24) is 0 Å². The molecule has 1 N–H and O–H groups in total. The normalized spacial score (nSPS) is 11.2. The second kappa shape index (κ2) is 9.11. The van der Waals surface area contributed by atoms with Gasteiger partial charge in [0.2, 0.25) is 0 Å². The van der Waals surface area contributed by atoms with Crippen molar-refractivity contribution in [1.29, 1.82) is 0 Å². The Kier molecular flexibility index (Phi) is 6.53. The van der Waals surface area contributed by atoms with Crippen LogP contribution in [0.1, 0.15) is 36.5 Å². The van der Waals surface area contributed by atoms with E-state index in [-0.39, 0.29) is 4.90 Å². The van der Waals surface area contributed by atoms with Crippen molar-refractivity contribution >= 4 is 22.1 Å².